The zero-order valence-electron chi connectivity index (χ0n) is 12.0. The van der Waals surface area contributed by atoms with E-state index in [1.165, 1.54) is 12.3 Å². The molecular formula is C15H18N2O3S. The number of pyridine rings is 1. The highest BCUT2D eigenvalue weighted by atomic mass is 32.2. The highest BCUT2D eigenvalue weighted by Crippen LogP contribution is 2.19. The molecule has 1 N–H and O–H groups in total. The van der Waals surface area contributed by atoms with Gasteiger partial charge in [0, 0.05) is 18.4 Å². The number of sulfone groups is 1. The maximum Gasteiger partial charge on any atom is 0.192 e. The fraction of sp³-hybridized carbons (Fsp3) is 0.267. The van der Waals surface area contributed by atoms with Gasteiger partial charge in [0.05, 0.1) is 18.5 Å². The lowest BCUT2D eigenvalue weighted by Crippen LogP contribution is -2.05. The van der Waals surface area contributed by atoms with Gasteiger partial charge in [-0.05, 0) is 25.1 Å². The smallest absolute Gasteiger partial charge is 0.192 e. The van der Waals surface area contributed by atoms with Gasteiger partial charge in [0.15, 0.2) is 14.9 Å². The molecule has 2 aromatic rings. The first-order valence-electron chi connectivity index (χ1n) is 6.61. The van der Waals surface area contributed by atoms with Crippen LogP contribution < -0.4 is 10.1 Å². The average Bonchev–Trinajstić information content (AvgIpc) is 2.46. The molecule has 5 nitrogen and oxygen atoms in total. The van der Waals surface area contributed by atoms with E-state index in [0.717, 1.165) is 23.3 Å². The molecule has 1 aromatic carbocycles. The predicted octanol–water partition coefficient (Wildman–Crippen LogP) is 2.50. The van der Waals surface area contributed by atoms with Gasteiger partial charge in [-0.2, -0.15) is 0 Å². The van der Waals surface area contributed by atoms with Crippen molar-refractivity contribution in [2.45, 2.75) is 18.5 Å². The van der Waals surface area contributed by atoms with Crippen LogP contribution in [0.2, 0.25) is 0 Å². The highest BCUT2D eigenvalue weighted by molar-refractivity contribution is 7.90. The molecule has 0 saturated heterocycles. The summed E-state index contributed by atoms with van der Waals surface area (Å²) in [5.74, 6) is 0.841. The van der Waals surface area contributed by atoms with E-state index in [1.54, 1.807) is 6.07 Å². The number of anilines is 1. The second-order valence-corrected chi connectivity index (χ2v) is 6.51. The summed E-state index contributed by atoms with van der Waals surface area (Å²) in [6, 6.07) is 11.0. The lowest BCUT2D eigenvalue weighted by atomic mass is 10.2. The van der Waals surface area contributed by atoms with Gasteiger partial charge in [-0.15, -0.1) is 0 Å². The zero-order valence-corrected chi connectivity index (χ0v) is 12.9. The molecule has 0 saturated carbocycles. The molecule has 6 heteroatoms. The molecule has 1 heterocycles. The van der Waals surface area contributed by atoms with E-state index in [0.29, 0.717) is 13.2 Å². The van der Waals surface area contributed by atoms with E-state index < -0.39 is 9.84 Å². The van der Waals surface area contributed by atoms with Crippen LogP contribution in [0.5, 0.6) is 5.75 Å². The van der Waals surface area contributed by atoms with Crippen LogP contribution in [-0.4, -0.2) is 26.3 Å². The van der Waals surface area contributed by atoms with Gasteiger partial charge in [-0.3, -0.25) is 0 Å². The number of hydrogen-bond donors (Lipinski definition) is 1. The number of aromatic nitrogens is 1. The van der Waals surface area contributed by atoms with Gasteiger partial charge in [0.25, 0.3) is 0 Å². The standard InChI is InChI=1S/C15H18N2O3S/c1-3-20-14-7-5-4-6-12(14)10-16-13-8-9-15(17-11-13)21(2,18)19/h4-9,11,16H,3,10H2,1-2H3. The topological polar surface area (TPSA) is 68.3 Å². The lowest BCUT2D eigenvalue weighted by Gasteiger charge is -2.11. The lowest BCUT2D eigenvalue weighted by molar-refractivity contribution is 0.337. The highest BCUT2D eigenvalue weighted by Gasteiger charge is 2.08. The quantitative estimate of drug-likeness (QED) is 0.888. The van der Waals surface area contributed by atoms with Gasteiger partial charge >= 0.3 is 0 Å². The molecule has 0 bridgehead atoms. The summed E-state index contributed by atoms with van der Waals surface area (Å²) in [6.45, 7) is 3.13. The van der Waals surface area contributed by atoms with Crippen LogP contribution in [0.4, 0.5) is 5.69 Å². The number of benzene rings is 1. The van der Waals surface area contributed by atoms with Gasteiger partial charge in [0.2, 0.25) is 0 Å². The van der Waals surface area contributed by atoms with Crippen LogP contribution in [0, 0.1) is 0 Å². The Morgan fingerprint density at radius 2 is 1.95 bits per heavy atom. The zero-order chi connectivity index (χ0) is 15.3. The Morgan fingerprint density at radius 3 is 2.57 bits per heavy atom. The number of nitrogens with zero attached hydrogens (tertiary/aromatic N) is 1. The predicted molar refractivity (Wildman–Crippen MR) is 82.3 cm³/mol. The van der Waals surface area contributed by atoms with Crippen molar-refractivity contribution in [3.05, 3.63) is 48.2 Å². The van der Waals surface area contributed by atoms with Crippen molar-refractivity contribution in [2.24, 2.45) is 0 Å². The Balaban J connectivity index is 2.07. The largest absolute Gasteiger partial charge is 0.494 e. The SMILES string of the molecule is CCOc1ccccc1CNc1ccc(S(C)(=O)=O)nc1. The number of hydrogen-bond acceptors (Lipinski definition) is 5. The molecule has 1 aromatic heterocycles. The van der Waals surface area contributed by atoms with E-state index in [9.17, 15) is 8.42 Å². The fourth-order valence-electron chi connectivity index (χ4n) is 1.85. The van der Waals surface area contributed by atoms with Gasteiger partial charge in [-0.25, -0.2) is 13.4 Å². The maximum atomic E-state index is 11.3. The van der Waals surface area contributed by atoms with Crippen molar-refractivity contribution in [1.82, 2.24) is 4.98 Å². The minimum atomic E-state index is -3.26. The third-order valence-electron chi connectivity index (χ3n) is 2.87. The fourth-order valence-corrected chi connectivity index (χ4v) is 2.41. The van der Waals surface area contributed by atoms with Gasteiger partial charge in [0.1, 0.15) is 5.75 Å². The molecule has 0 atom stereocenters. The second kappa shape index (κ2) is 6.58. The molecule has 0 aliphatic carbocycles. The Hall–Kier alpha value is -2.08. The first-order valence-corrected chi connectivity index (χ1v) is 8.50. The number of ether oxygens (including phenoxy) is 1. The van der Waals surface area contributed by atoms with Crippen molar-refractivity contribution < 1.29 is 13.2 Å². The summed E-state index contributed by atoms with van der Waals surface area (Å²) in [4.78, 5) is 3.94. The van der Waals surface area contributed by atoms with Crippen LogP contribution in [0.3, 0.4) is 0 Å². The van der Waals surface area contributed by atoms with Crippen molar-refractivity contribution >= 4 is 15.5 Å². The summed E-state index contributed by atoms with van der Waals surface area (Å²) in [5.41, 5.74) is 1.79. The Morgan fingerprint density at radius 1 is 1.19 bits per heavy atom. The van der Waals surface area contributed by atoms with Crippen molar-refractivity contribution in [3.63, 3.8) is 0 Å². The maximum absolute atomic E-state index is 11.3. The van der Waals surface area contributed by atoms with Crippen LogP contribution in [0.25, 0.3) is 0 Å². The molecule has 0 aliphatic heterocycles. The molecule has 2 rings (SSSR count). The molecule has 0 fully saturated rings. The van der Waals surface area contributed by atoms with E-state index in [2.05, 4.69) is 10.3 Å². The van der Waals surface area contributed by atoms with Crippen LogP contribution in [0.15, 0.2) is 47.6 Å². The van der Waals surface area contributed by atoms with Crippen molar-refractivity contribution in [1.29, 1.82) is 0 Å². The van der Waals surface area contributed by atoms with E-state index in [1.807, 2.05) is 31.2 Å². The first kappa shape index (κ1) is 15.3. The van der Waals surface area contributed by atoms with Crippen LogP contribution >= 0.6 is 0 Å². The normalized spacial score (nSPS) is 11.1. The summed E-state index contributed by atoms with van der Waals surface area (Å²) in [7, 11) is -3.26. The summed E-state index contributed by atoms with van der Waals surface area (Å²) >= 11 is 0. The monoisotopic (exact) mass is 306 g/mol. The summed E-state index contributed by atoms with van der Waals surface area (Å²) in [5, 5.41) is 3.27. The third-order valence-corrected chi connectivity index (χ3v) is 3.87. The third kappa shape index (κ3) is 4.19. The number of nitrogens with one attached hydrogen (secondary N) is 1. The molecule has 21 heavy (non-hydrogen) atoms. The van der Waals surface area contributed by atoms with Crippen molar-refractivity contribution in [3.8, 4) is 5.75 Å². The second-order valence-electron chi connectivity index (χ2n) is 4.55. The minimum absolute atomic E-state index is 0.0720. The number of para-hydroxylation sites is 1. The molecule has 0 radical (unpaired) electrons. The van der Waals surface area contributed by atoms with Crippen LogP contribution in [-0.2, 0) is 16.4 Å². The van der Waals surface area contributed by atoms with Crippen LogP contribution in [0.1, 0.15) is 12.5 Å². The van der Waals surface area contributed by atoms with E-state index in [-0.39, 0.29) is 5.03 Å². The molecular weight excluding hydrogens is 288 g/mol. The average molecular weight is 306 g/mol. The molecule has 112 valence electrons. The van der Waals surface area contributed by atoms with E-state index in [4.69, 9.17) is 4.74 Å². The van der Waals surface area contributed by atoms with Gasteiger partial charge in [-0.1, -0.05) is 18.2 Å². The van der Waals surface area contributed by atoms with E-state index >= 15 is 0 Å². The summed E-state index contributed by atoms with van der Waals surface area (Å²) in [6.07, 6.45) is 2.65. The molecule has 0 spiro atoms. The molecule has 0 aliphatic rings. The Bertz CT molecular complexity index is 697. The van der Waals surface area contributed by atoms with Crippen molar-refractivity contribution in [2.75, 3.05) is 18.2 Å². The Labute approximate surface area is 124 Å². The number of rotatable bonds is 6. The molecule has 0 amide bonds. The van der Waals surface area contributed by atoms with Gasteiger partial charge < -0.3 is 10.1 Å². The summed E-state index contributed by atoms with van der Waals surface area (Å²) < 4.78 is 28.2. The molecule has 0 unspecified atom stereocenters. The first-order chi connectivity index (χ1) is 10.0. The Kier molecular flexibility index (Phi) is 4.80. The minimum Gasteiger partial charge on any atom is -0.494 e.